The van der Waals surface area contributed by atoms with Crippen molar-refractivity contribution < 1.29 is 19.1 Å². The molecule has 0 amide bonds. The first-order valence-corrected chi connectivity index (χ1v) is 26.1. The zero-order valence-corrected chi connectivity index (χ0v) is 36.5. The van der Waals surface area contributed by atoms with Gasteiger partial charge in [0.2, 0.25) is 5.41 Å². The summed E-state index contributed by atoms with van der Waals surface area (Å²) in [5, 5.41) is 83.3. The number of rotatable bonds is 4. The Hall–Kier alpha value is -8.86. The van der Waals surface area contributed by atoms with Crippen LogP contribution in [-0.2, 0) is 24.5 Å². The molecule has 30 aromatic carbocycles. The summed E-state index contributed by atoms with van der Waals surface area (Å²) in [5.41, 5.74) is -0.117. The van der Waals surface area contributed by atoms with Crippen molar-refractivity contribution >= 4 is 324 Å². The van der Waals surface area contributed by atoms with E-state index in [9.17, 15) is 0 Å². The lowest BCUT2D eigenvalue weighted by Crippen LogP contribution is -2.48. The third-order valence-electron chi connectivity index (χ3n) is 24.2. The van der Waals surface area contributed by atoms with Crippen LogP contribution in [0.3, 0.4) is 0 Å². The molecule has 0 N–H and O–H groups in total. The van der Waals surface area contributed by atoms with Crippen molar-refractivity contribution in [2.75, 3.05) is 13.2 Å². The van der Waals surface area contributed by atoms with Gasteiger partial charge < -0.3 is 9.47 Å². The zero-order valence-electron chi connectivity index (χ0n) is 36.5. The van der Waals surface area contributed by atoms with Crippen molar-refractivity contribution in [3.8, 4) is 0 Å². The fourth-order valence-corrected chi connectivity index (χ4v) is 23.8. The van der Waals surface area contributed by atoms with E-state index in [0.717, 1.165) is 32.7 Å². The van der Waals surface area contributed by atoms with E-state index in [1.807, 2.05) is 13.8 Å². The number of fused-ring (bicyclic) bond motifs is 5. The number of hydrogen-bond acceptors (Lipinski definition) is 4. The van der Waals surface area contributed by atoms with Gasteiger partial charge in [-0.2, -0.15) is 0 Å². The summed E-state index contributed by atoms with van der Waals surface area (Å²) < 4.78 is 13.1. The highest BCUT2D eigenvalue weighted by atomic mass is 16.6. The predicted molar refractivity (Wildman–Crippen MR) is 295 cm³/mol. The molecule has 1 aliphatic carbocycles. The van der Waals surface area contributed by atoms with E-state index in [4.69, 9.17) is 9.47 Å². The smallest absolute Gasteiger partial charge is 0.332 e. The van der Waals surface area contributed by atoms with Crippen LogP contribution in [0.5, 0.6) is 0 Å². The molecule has 31 rings (SSSR count). The third kappa shape index (κ3) is 1.50. The van der Waals surface area contributed by atoms with E-state index in [-0.39, 0.29) is 13.2 Å². The van der Waals surface area contributed by atoms with Crippen LogP contribution < -0.4 is 0 Å². The molecule has 1 aliphatic rings. The Balaban J connectivity index is 1.23. The molecule has 0 saturated carbocycles. The van der Waals surface area contributed by atoms with Gasteiger partial charge in [-0.3, -0.25) is 9.59 Å². The number of esters is 2. The molecule has 0 spiro atoms. The van der Waals surface area contributed by atoms with Crippen LogP contribution in [0.15, 0.2) is 0 Å². The quantitative estimate of drug-likeness (QED) is 0.100. The fourth-order valence-electron chi connectivity index (χ4n) is 23.8. The number of carbonyl (C=O) groups excluding carboxylic acids is 2. The predicted octanol–water partition coefficient (Wildman–Crippen LogP) is 17.4. The van der Waals surface area contributed by atoms with Crippen molar-refractivity contribution in [3.63, 3.8) is 0 Å². The lowest BCUT2D eigenvalue weighted by Gasteiger charge is -2.37. The van der Waals surface area contributed by atoms with Crippen molar-refractivity contribution in [3.05, 3.63) is 11.1 Å². The van der Waals surface area contributed by atoms with Gasteiger partial charge in [0.15, 0.2) is 0 Å². The lowest BCUT2D eigenvalue weighted by molar-refractivity contribution is -0.162. The normalized spacial score (nSPS) is 17.8. The molecule has 0 radical (unpaired) electrons. The Morgan fingerprint density at radius 3 is 0.423 bits per heavy atom. The molecule has 71 heavy (non-hydrogen) atoms. The summed E-state index contributed by atoms with van der Waals surface area (Å²) in [4.78, 5) is 33.0. The lowest BCUT2D eigenvalue weighted by atomic mass is 9.64. The SMILES string of the molecule is CCOC(=O)C1(C(=O)OCC)c2c3c4c5c1c1c6c7c2c2c8c3c3c9c4c4c%10c5c5c1c1c6c6c%11c7c2c2c7c8c3c3c8c9c4c4c9c%10c5c5c1c1c6c6c%11c2c2c7c3c3c8c4c4c9c5c1c1c6c2c3c41. The van der Waals surface area contributed by atoms with Crippen molar-refractivity contribution in [2.45, 2.75) is 19.3 Å². The minimum absolute atomic E-state index is 0.167. The van der Waals surface area contributed by atoms with E-state index >= 15 is 9.59 Å². The number of hydrogen-bond donors (Lipinski definition) is 0. The first-order chi connectivity index (χ1) is 35.2. The topological polar surface area (TPSA) is 52.6 Å². The van der Waals surface area contributed by atoms with Gasteiger partial charge in [-0.25, -0.2) is 0 Å². The molecule has 30 aromatic rings. The molecule has 302 valence electrons. The molecular formula is C67H10O4. The molecule has 0 aromatic heterocycles. The molecule has 0 bridgehead atoms. The van der Waals surface area contributed by atoms with Crippen LogP contribution in [0, 0.1) is 0 Å². The molecule has 0 aliphatic heterocycles. The monoisotopic (exact) mass is 878 g/mol. The molecule has 0 saturated heterocycles. The Kier molecular flexibility index (Phi) is 2.43. The van der Waals surface area contributed by atoms with E-state index in [1.165, 1.54) is 242 Å². The number of ether oxygens (including phenoxy) is 2. The molecule has 0 atom stereocenters. The van der Waals surface area contributed by atoms with Crippen LogP contribution in [-0.4, -0.2) is 25.2 Å². The summed E-state index contributed by atoms with van der Waals surface area (Å²) >= 11 is 0. The maximum Gasteiger partial charge on any atom is 0.332 e. The Bertz CT molecular complexity index is 7060. The third-order valence-corrected chi connectivity index (χ3v) is 24.2. The van der Waals surface area contributed by atoms with Gasteiger partial charge in [-0.05, 0) is 326 Å². The maximum absolute atomic E-state index is 16.5. The first kappa shape index (κ1) is 27.4. The summed E-state index contributed by atoms with van der Waals surface area (Å²) in [6, 6.07) is 0. The highest BCUT2D eigenvalue weighted by molar-refractivity contribution is 6.84. The van der Waals surface area contributed by atoms with E-state index in [2.05, 4.69) is 0 Å². The largest absolute Gasteiger partial charge is 0.465 e. The molecular weight excluding hydrogens is 869 g/mol. The van der Waals surface area contributed by atoms with Gasteiger partial charge in [0.25, 0.3) is 0 Å². The van der Waals surface area contributed by atoms with Gasteiger partial charge >= 0.3 is 11.9 Å². The van der Waals surface area contributed by atoms with E-state index in [0.29, 0.717) is 0 Å². The van der Waals surface area contributed by atoms with Gasteiger partial charge in [-0.15, -0.1) is 0 Å². The minimum Gasteiger partial charge on any atom is -0.465 e. The average Bonchev–Trinajstić information content (AvgIpc) is 4.23. The van der Waals surface area contributed by atoms with Gasteiger partial charge in [0.05, 0.1) is 13.2 Å². The highest BCUT2D eigenvalue weighted by Crippen LogP contribution is 2.81. The molecule has 4 heteroatoms. The summed E-state index contributed by atoms with van der Waals surface area (Å²) in [5.74, 6) is -0.947. The molecule has 0 unspecified atom stereocenters. The molecule has 0 heterocycles. The van der Waals surface area contributed by atoms with Crippen LogP contribution in [0.1, 0.15) is 25.0 Å². The van der Waals surface area contributed by atoms with Crippen LogP contribution in [0.4, 0.5) is 0 Å². The average molecular weight is 879 g/mol. The van der Waals surface area contributed by atoms with Crippen LogP contribution >= 0.6 is 0 Å². The van der Waals surface area contributed by atoms with Crippen molar-refractivity contribution in [2.24, 2.45) is 0 Å². The van der Waals surface area contributed by atoms with Gasteiger partial charge in [-0.1, -0.05) is 0 Å². The second-order valence-corrected chi connectivity index (χ2v) is 24.7. The Labute approximate surface area is 385 Å². The standard InChI is InChI=1S/C67H10O4/c1-3-70-65(68)67(66(69)71-4-2)63-59-52-45-33-25-16-7-5-6-8-11(7)20-27(25)35-36-28(20)26-17(8)19-15-10(6)13-12-9(5)14-18(16)31(33)39-37-23(14)21(12)29-30-22(13)24(15)38-40-32(19)34(26)46-48(36)57(56(59)47(35)45)60-53(46)51(40)55-44(38)42(30)49-41(29)43(37)54(50(39)52)61(63)58(49)62(55)64(60)67/h3-4H2,1-2H3. The van der Waals surface area contributed by atoms with Crippen molar-refractivity contribution in [1.82, 2.24) is 0 Å². The van der Waals surface area contributed by atoms with Crippen LogP contribution in [0.25, 0.3) is 312 Å². The summed E-state index contributed by atoms with van der Waals surface area (Å²) in [6.45, 7) is 4.16. The van der Waals surface area contributed by atoms with Gasteiger partial charge in [0, 0.05) is 11.1 Å². The molecule has 4 nitrogen and oxygen atoms in total. The Morgan fingerprint density at radius 2 is 0.310 bits per heavy atom. The maximum atomic E-state index is 16.5. The second kappa shape index (κ2) is 6.31. The fraction of sp³-hybridized carbons (Fsp3) is 0.0746. The van der Waals surface area contributed by atoms with Crippen LogP contribution in [0.2, 0.25) is 0 Å². The highest BCUT2D eigenvalue weighted by Gasteiger charge is 2.62. The number of benzene rings is 19. The van der Waals surface area contributed by atoms with E-state index in [1.54, 1.807) is 48.5 Å². The number of carbonyl (C=O) groups is 2. The molecule has 0 fully saturated rings. The second-order valence-electron chi connectivity index (χ2n) is 24.7. The van der Waals surface area contributed by atoms with Crippen molar-refractivity contribution in [1.29, 1.82) is 0 Å². The first-order valence-electron chi connectivity index (χ1n) is 26.1. The summed E-state index contributed by atoms with van der Waals surface area (Å²) in [6.07, 6.45) is 0. The minimum atomic E-state index is -1.86. The zero-order chi connectivity index (χ0) is 43.1. The van der Waals surface area contributed by atoms with E-state index < -0.39 is 17.4 Å². The van der Waals surface area contributed by atoms with Gasteiger partial charge in [0.1, 0.15) is 0 Å². The Morgan fingerprint density at radius 1 is 0.211 bits per heavy atom. The summed E-state index contributed by atoms with van der Waals surface area (Å²) in [7, 11) is 0.